The minimum absolute atomic E-state index is 0.0148. The number of nitrogen functional groups attached to an aromatic ring is 1. The van der Waals surface area contributed by atoms with Gasteiger partial charge >= 0.3 is 5.97 Å². The molecule has 3 aromatic rings. The lowest BCUT2D eigenvalue weighted by Gasteiger charge is -2.30. The number of amides is 1. The van der Waals surface area contributed by atoms with Crippen molar-refractivity contribution in [1.29, 1.82) is 0 Å². The molecule has 7 nitrogen and oxygen atoms in total. The van der Waals surface area contributed by atoms with Crippen LogP contribution < -0.4 is 10.5 Å². The second-order valence-electron chi connectivity index (χ2n) is 7.26. The van der Waals surface area contributed by atoms with Crippen LogP contribution in [0, 0.1) is 5.92 Å². The number of esters is 1. The third-order valence-corrected chi connectivity index (χ3v) is 6.15. The Labute approximate surface area is 178 Å². The second kappa shape index (κ2) is 8.71. The highest BCUT2D eigenvalue weighted by Crippen LogP contribution is 2.28. The van der Waals surface area contributed by atoms with Gasteiger partial charge in [0.15, 0.2) is 5.13 Å². The third kappa shape index (κ3) is 4.38. The number of aromatic nitrogens is 1. The van der Waals surface area contributed by atoms with Crippen LogP contribution >= 0.6 is 11.3 Å². The van der Waals surface area contributed by atoms with E-state index in [4.69, 9.17) is 15.2 Å². The number of hydrogen-bond acceptors (Lipinski definition) is 7. The molecule has 30 heavy (non-hydrogen) atoms. The van der Waals surface area contributed by atoms with Crippen LogP contribution in [-0.4, -0.2) is 42.0 Å². The number of anilines is 1. The number of rotatable bonds is 5. The van der Waals surface area contributed by atoms with Gasteiger partial charge in [-0.05, 0) is 48.7 Å². The van der Waals surface area contributed by atoms with E-state index in [1.165, 1.54) is 18.4 Å². The molecule has 0 saturated carbocycles. The van der Waals surface area contributed by atoms with Gasteiger partial charge in [-0.15, -0.1) is 0 Å². The summed E-state index contributed by atoms with van der Waals surface area (Å²) in [7, 11) is 1.40. The Bertz CT molecular complexity index is 1060. The highest BCUT2D eigenvalue weighted by Gasteiger charge is 2.28. The number of hydrogen-bond donors (Lipinski definition) is 1. The zero-order chi connectivity index (χ0) is 21.1. The monoisotopic (exact) mass is 425 g/mol. The summed E-state index contributed by atoms with van der Waals surface area (Å²) < 4.78 is 11.7. The summed E-state index contributed by atoms with van der Waals surface area (Å²) in [6, 6.07) is 13.1. The fourth-order valence-electron chi connectivity index (χ4n) is 3.59. The van der Waals surface area contributed by atoms with Crippen LogP contribution in [0.2, 0.25) is 0 Å². The molecule has 1 aliphatic rings. The normalized spacial score (nSPS) is 14.6. The molecule has 2 heterocycles. The zero-order valence-electron chi connectivity index (χ0n) is 16.7. The van der Waals surface area contributed by atoms with Crippen molar-refractivity contribution in [3.8, 4) is 5.75 Å². The topological polar surface area (TPSA) is 94.8 Å². The van der Waals surface area contributed by atoms with Gasteiger partial charge in [-0.3, -0.25) is 9.59 Å². The molecule has 1 fully saturated rings. The molecule has 0 bridgehead atoms. The predicted octanol–water partition coefficient (Wildman–Crippen LogP) is 3.48. The number of carbonyl (C=O) groups is 2. The van der Waals surface area contributed by atoms with Gasteiger partial charge < -0.3 is 20.1 Å². The van der Waals surface area contributed by atoms with Gasteiger partial charge in [0.1, 0.15) is 12.4 Å². The maximum Gasteiger partial charge on any atom is 0.308 e. The van der Waals surface area contributed by atoms with E-state index >= 15 is 0 Å². The van der Waals surface area contributed by atoms with Gasteiger partial charge in [0.25, 0.3) is 5.91 Å². The Morgan fingerprint density at radius 1 is 1.17 bits per heavy atom. The number of methoxy groups -OCH3 is 1. The average molecular weight is 426 g/mol. The molecule has 2 N–H and O–H groups in total. The number of ether oxygens (including phenoxy) is 2. The van der Waals surface area contributed by atoms with Crippen molar-refractivity contribution in [2.24, 2.45) is 5.92 Å². The highest BCUT2D eigenvalue weighted by molar-refractivity contribution is 7.22. The first-order chi connectivity index (χ1) is 14.5. The van der Waals surface area contributed by atoms with Gasteiger partial charge in [0.2, 0.25) is 0 Å². The summed E-state index contributed by atoms with van der Waals surface area (Å²) in [4.78, 5) is 30.4. The quantitative estimate of drug-likeness (QED) is 0.629. The van der Waals surface area contributed by atoms with Crippen LogP contribution in [0.4, 0.5) is 5.13 Å². The zero-order valence-corrected chi connectivity index (χ0v) is 17.5. The molecule has 4 rings (SSSR count). The number of carbonyl (C=O) groups excluding carboxylic acids is 2. The lowest BCUT2D eigenvalue weighted by atomic mass is 9.96. The van der Waals surface area contributed by atoms with E-state index in [-0.39, 0.29) is 17.8 Å². The smallest absolute Gasteiger partial charge is 0.308 e. The second-order valence-corrected chi connectivity index (χ2v) is 8.32. The van der Waals surface area contributed by atoms with Crippen LogP contribution in [0.5, 0.6) is 5.75 Å². The minimum atomic E-state index is -0.190. The number of benzene rings is 2. The largest absolute Gasteiger partial charge is 0.489 e. The van der Waals surface area contributed by atoms with Crippen molar-refractivity contribution in [2.75, 3.05) is 25.9 Å². The molecule has 0 aliphatic carbocycles. The van der Waals surface area contributed by atoms with E-state index in [9.17, 15) is 9.59 Å². The van der Waals surface area contributed by atoms with Crippen LogP contribution in [0.25, 0.3) is 10.2 Å². The lowest BCUT2D eigenvalue weighted by molar-refractivity contribution is -0.146. The Hall–Kier alpha value is -3.13. The lowest BCUT2D eigenvalue weighted by Crippen LogP contribution is -2.40. The summed E-state index contributed by atoms with van der Waals surface area (Å²) in [5, 5.41) is 0.539. The molecular formula is C22H23N3O4S. The summed E-state index contributed by atoms with van der Waals surface area (Å²) in [5.41, 5.74) is 8.21. The Kier molecular flexibility index (Phi) is 5.85. The van der Waals surface area contributed by atoms with Gasteiger partial charge in [-0.25, -0.2) is 4.98 Å². The van der Waals surface area contributed by atoms with Gasteiger partial charge in [-0.2, -0.15) is 0 Å². The Morgan fingerprint density at radius 2 is 1.90 bits per heavy atom. The predicted molar refractivity (Wildman–Crippen MR) is 115 cm³/mol. The standard InChI is InChI=1S/C22H23N3O4S/c1-28-21(27)16-8-10-25(11-9-16)20(26)15-4-2-14(3-5-15)13-29-17-6-7-18-19(12-17)30-22(23)24-18/h2-7,12,16H,8-11,13H2,1H3,(H2,23,24). The molecule has 0 atom stereocenters. The van der Waals surface area contributed by atoms with Crippen LogP contribution in [-0.2, 0) is 16.1 Å². The van der Waals surface area contributed by atoms with Crippen molar-refractivity contribution >= 4 is 38.6 Å². The van der Waals surface area contributed by atoms with E-state index in [1.54, 1.807) is 4.90 Å². The van der Waals surface area contributed by atoms with Gasteiger partial charge in [0, 0.05) is 18.7 Å². The maximum absolute atomic E-state index is 12.7. The fourth-order valence-corrected chi connectivity index (χ4v) is 4.35. The number of fused-ring (bicyclic) bond motifs is 1. The SMILES string of the molecule is COC(=O)C1CCN(C(=O)c2ccc(COc3ccc4nc(N)sc4c3)cc2)CC1. The van der Waals surface area contributed by atoms with E-state index in [2.05, 4.69) is 4.98 Å². The number of nitrogens with two attached hydrogens (primary N) is 1. The highest BCUT2D eigenvalue weighted by atomic mass is 32.1. The molecule has 1 aliphatic heterocycles. The van der Waals surface area contributed by atoms with Crippen molar-refractivity contribution in [3.05, 3.63) is 53.6 Å². The van der Waals surface area contributed by atoms with Crippen molar-refractivity contribution in [1.82, 2.24) is 9.88 Å². The summed E-state index contributed by atoms with van der Waals surface area (Å²) in [6.45, 7) is 1.53. The third-order valence-electron chi connectivity index (χ3n) is 5.30. The summed E-state index contributed by atoms with van der Waals surface area (Å²) in [6.07, 6.45) is 1.28. The molecule has 1 aromatic heterocycles. The van der Waals surface area contributed by atoms with E-state index in [1.807, 2.05) is 42.5 Å². The maximum atomic E-state index is 12.7. The average Bonchev–Trinajstić information content (AvgIpc) is 3.16. The molecule has 8 heteroatoms. The van der Waals surface area contributed by atoms with Crippen LogP contribution in [0.15, 0.2) is 42.5 Å². The van der Waals surface area contributed by atoms with E-state index in [0.717, 1.165) is 21.5 Å². The van der Waals surface area contributed by atoms with Crippen molar-refractivity contribution < 1.29 is 19.1 Å². The summed E-state index contributed by atoms with van der Waals surface area (Å²) in [5.74, 6) is 0.433. The van der Waals surface area contributed by atoms with Crippen LogP contribution in [0.3, 0.4) is 0 Å². The Morgan fingerprint density at radius 3 is 2.60 bits per heavy atom. The Balaban J connectivity index is 1.33. The van der Waals surface area contributed by atoms with Gasteiger partial charge in [-0.1, -0.05) is 23.5 Å². The molecule has 2 aromatic carbocycles. The molecule has 1 saturated heterocycles. The number of thiazole rings is 1. The van der Waals surface area contributed by atoms with E-state index in [0.29, 0.717) is 43.2 Å². The van der Waals surface area contributed by atoms with Crippen LogP contribution in [0.1, 0.15) is 28.8 Å². The van der Waals surface area contributed by atoms with Crippen molar-refractivity contribution in [2.45, 2.75) is 19.4 Å². The van der Waals surface area contributed by atoms with Crippen molar-refractivity contribution in [3.63, 3.8) is 0 Å². The molecule has 0 unspecified atom stereocenters. The summed E-state index contributed by atoms with van der Waals surface area (Å²) >= 11 is 1.43. The number of piperidine rings is 1. The first kappa shape index (κ1) is 20.2. The molecule has 1 amide bonds. The first-order valence-corrected chi connectivity index (χ1v) is 10.6. The van der Waals surface area contributed by atoms with Gasteiger partial charge in [0.05, 0.1) is 23.2 Å². The number of likely N-dealkylation sites (tertiary alicyclic amines) is 1. The molecule has 0 spiro atoms. The molecular weight excluding hydrogens is 402 g/mol. The molecule has 156 valence electrons. The minimum Gasteiger partial charge on any atom is -0.489 e. The van der Waals surface area contributed by atoms with E-state index < -0.39 is 0 Å². The molecule has 0 radical (unpaired) electrons. The fraction of sp³-hybridized carbons (Fsp3) is 0.318. The number of nitrogens with zero attached hydrogens (tertiary/aromatic N) is 2. The first-order valence-electron chi connectivity index (χ1n) is 9.78.